The van der Waals surface area contributed by atoms with Gasteiger partial charge in [-0.25, -0.2) is 8.42 Å². The van der Waals surface area contributed by atoms with Gasteiger partial charge < -0.3 is 15.0 Å². The molecule has 0 spiro atoms. The van der Waals surface area contributed by atoms with Gasteiger partial charge in [0.2, 0.25) is 11.8 Å². The molecule has 0 heterocycles. The Morgan fingerprint density at radius 2 is 1.57 bits per heavy atom. The van der Waals surface area contributed by atoms with E-state index in [1.54, 1.807) is 68.4 Å². The highest BCUT2D eigenvalue weighted by atomic mass is 35.5. The zero-order valence-electron chi connectivity index (χ0n) is 24.0. The molecular formula is C30H35Cl2N3O5S2. The summed E-state index contributed by atoms with van der Waals surface area (Å²) in [5, 5.41) is 3.43. The fraction of sp³-hybridized carbons (Fsp3) is 0.333. The topological polar surface area (TPSA) is 96.0 Å². The third kappa shape index (κ3) is 8.12. The Kier molecular flexibility index (Phi) is 12.4. The normalized spacial score (nSPS) is 12.0. The highest BCUT2D eigenvalue weighted by Gasteiger charge is 2.34. The van der Waals surface area contributed by atoms with Crippen LogP contribution in [0.5, 0.6) is 5.75 Å². The van der Waals surface area contributed by atoms with Crippen LogP contribution in [0.2, 0.25) is 10.0 Å². The van der Waals surface area contributed by atoms with Crippen molar-refractivity contribution in [1.29, 1.82) is 0 Å². The highest BCUT2D eigenvalue weighted by Crippen LogP contribution is 2.30. The predicted molar refractivity (Wildman–Crippen MR) is 170 cm³/mol. The molecule has 0 aromatic heterocycles. The van der Waals surface area contributed by atoms with Crippen LogP contribution >= 0.6 is 35.0 Å². The van der Waals surface area contributed by atoms with Crippen LogP contribution in [0, 0.1) is 0 Å². The lowest BCUT2D eigenvalue weighted by Gasteiger charge is -2.33. The van der Waals surface area contributed by atoms with E-state index in [4.69, 9.17) is 27.9 Å². The molecule has 0 aliphatic rings. The Balaban J connectivity index is 2.10. The molecule has 1 N–H and O–H groups in total. The maximum absolute atomic E-state index is 14.1. The number of amides is 2. The Bertz CT molecular complexity index is 1450. The van der Waals surface area contributed by atoms with Gasteiger partial charge in [-0.3, -0.25) is 13.9 Å². The van der Waals surface area contributed by atoms with E-state index >= 15 is 0 Å². The van der Waals surface area contributed by atoms with E-state index in [2.05, 4.69) is 5.32 Å². The van der Waals surface area contributed by atoms with Crippen LogP contribution in [-0.4, -0.2) is 57.1 Å². The Morgan fingerprint density at radius 1 is 0.952 bits per heavy atom. The molecule has 0 aliphatic carbocycles. The SMILES string of the molecule is CCNC(=O)C(CC)N(Cc1c(Cl)cccc1Cl)C(=O)CN(c1ccc(OCC)cc1)S(=O)(=O)c1ccc(SC)cc1. The Hall–Kier alpha value is -2.92. The van der Waals surface area contributed by atoms with Gasteiger partial charge in [-0.2, -0.15) is 0 Å². The molecule has 3 aromatic carbocycles. The first kappa shape index (κ1) is 33.6. The average molecular weight is 653 g/mol. The molecule has 0 bridgehead atoms. The molecule has 42 heavy (non-hydrogen) atoms. The Morgan fingerprint density at radius 3 is 2.10 bits per heavy atom. The number of nitrogens with zero attached hydrogens (tertiary/aromatic N) is 2. The summed E-state index contributed by atoms with van der Waals surface area (Å²) in [6.07, 6.45) is 2.18. The standard InChI is InChI=1S/C30H35Cl2N3O5S2/c1-5-28(30(37)33-6-2)34(19-25-26(31)9-8-10-27(25)32)29(36)20-35(21-11-13-22(14-12-21)40-7-3)42(38,39)24-17-15-23(41-4)16-18-24/h8-18,28H,5-7,19-20H2,1-4H3,(H,33,37). The number of anilines is 1. The van der Waals surface area contributed by atoms with Crippen LogP contribution in [0.3, 0.4) is 0 Å². The number of carbonyl (C=O) groups is 2. The van der Waals surface area contributed by atoms with E-state index in [9.17, 15) is 18.0 Å². The highest BCUT2D eigenvalue weighted by molar-refractivity contribution is 7.98. The summed E-state index contributed by atoms with van der Waals surface area (Å²) in [6, 6.07) is 17.0. The first-order valence-corrected chi connectivity index (χ1v) is 16.9. The number of rotatable bonds is 14. The molecule has 0 saturated carbocycles. The van der Waals surface area contributed by atoms with E-state index in [0.717, 1.165) is 9.20 Å². The molecule has 3 rings (SSSR count). The number of nitrogens with one attached hydrogen (secondary N) is 1. The van der Waals surface area contributed by atoms with Gasteiger partial charge >= 0.3 is 0 Å². The first-order valence-electron chi connectivity index (χ1n) is 13.5. The minimum Gasteiger partial charge on any atom is -0.494 e. The number of ether oxygens (including phenoxy) is 1. The first-order chi connectivity index (χ1) is 20.1. The van der Waals surface area contributed by atoms with Crippen molar-refractivity contribution in [3.05, 3.63) is 82.3 Å². The second-order valence-corrected chi connectivity index (χ2v) is 12.7. The number of halogens is 2. The van der Waals surface area contributed by atoms with Crippen LogP contribution < -0.4 is 14.4 Å². The average Bonchev–Trinajstić information content (AvgIpc) is 2.98. The lowest BCUT2D eigenvalue weighted by molar-refractivity contribution is -0.140. The number of benzene rings is 3. The van der Waals surface area contributed by atoms with Crippen LogP contribution in [0.1, 0.15) is 32.8 Å². The molecule has 1 atom stereocenters. The number of sulfonamides is 1. The van der Waals surface area contributed by atoms with Crippen molar-refractivity contribution in [1.82, 2.24) is 10.2 Å². The predicted octanol–water partition coefficient (Wildman–Crippen LogP) is 6.25. The summed E-state index contributed by atoms with van der Waals surface area (Å²) in [5.41, 5.74) is 0.725. The molecule has 2 amide bonds. The number of hydrogen-bond donors (Lipinski definition) is 1. The second-order valence-electron chi connectivity index (χ2n) is 9.15. The third-order valence-electron chi connectivity index (χ3n) is 6.49. The minimum absolute atomic E-state index is 0.0263. The fourth-order valence-electron chi connectivity index (χ4n) is 4.34. The van der Waals surface area contributed by atoms with E-state index in [-0.39, 0.29) is 29.5 Å². The summed E-state index contributed by atoms with van der Waals surface area (Å²) in [7, 11) is -4.20. The number of likely N-dealkylation sites (N-methyl/N-ethyl adjacent to an activating group) is 1. The molecule has 0 radical (unpaired) electrons. The van der Waals surface area contributed by atoms with Crippen molar-refractivity contribution in [3.63, 3.8) is 0 Å². The van der Waals surface area contributed by atoms with Crippen molar-refractivity contribution in [2.75, 3.05) is 30.3 Å². The lowest BCUT2D eigenvalue weighted by Crippen LogP contribution is -2.52. The zero-order valence-corrected chi connectivity index (χ0v) is 27.1. The molecule has 1 unspecified atom stereocenters. The maximum Gasteiger partial charge on any atom is 0.264 e. The molecular weight excluding hydrogens is 617 g/mol. The largest absolute Gasteiger partial charge is 0.494 e. The molecule has 8 nitrogen and oxygen atoms in total. The summed E-state index contributed by atoms with van der Waals surface area (Å²) in [4.78, 5) is 29.5. The summed E-state index contributed by atoms with van der Waals surface area (Å²) < 4.78 is 34.6. The van der Waals surface area contributed by atoms with Gasteiger partial charge in [0.25, 0.3) is 10.0 Å². The number of carbonyl (C=O) groups excluding carboxylic acids is 2. The molecule has 0 aliphatic heterocycles. The number of thioether (sulfide) groups is 1. The number of hydrogen-bond acceptors (Lipinski definition) is 6. The molecule has 3 aromatic rings. The van der Waals surface area contributed by atoms with Gasteiger partial charge in [0.1, 0.15) is 18.3 Å². The second kappa shape index (κ2) is 15.5. The van der Waals surface area contributed by atoms with E-state index in [0.29, 0.717) is 34.5 Å². The van der Waals surface area contributed by atoms with E-state index < -0.39 is 28.5 Å². The van der Waals surface area contributed by atoms with Crippen molar-refractivity contribution in [2.24, 2.45) is 0 Å². The Labute approximate surface area is 262 Å². The summed E-state index contributed by atoms with van der Waals surface area (Å²) in [6.45, 7) is 5.56. The van der Waals surface area contributed by atoms with Gasteiger partial charge in [0.15, 0.2) is 0 Å². The van der Waals surface area contributed by atoms with Crippen molar-refractivity contribution < 1.29 is 22.7 Å². The lowest BCUT2D eigenvalue weighted by atomic mass is 10.1. The van der Waals surface area contributed by atoms with Crippen LogP contribution in [0.25, 0.3) is 0 Å². The summed E-state index contributed by atoms with van der Waals surface area (Å²) >= 11 is 14.4. The van der Waals surface area contributed by atoms with E-state index in [1.165, 1.54) is 28.8 Å². The molecule has 0 fully saturated rings. The van der Waals surface area contributed by atoms with Gasteiger partial charge in [0, 0.05) is 33.6 Å². The molecule has 0 saturated heterocycles. The van der Waals surface area contributed by atoms with Crippen LogP contribution in [0.15, 0.2) is 76.5 Å². The monoisotopic (exact) mass is 651 g/mol. The van der Waals surface area contributed by atoms with Gasteiger partial charge in [-0.1, -0.05) is 36.2 Å². The van der Waals surface area contributed by atoms with Gasteiger partial charge in [-0.05, 0) is 87.2 Å². The fourth-order valence-corrected chi connectivity index (χ4v) is 6.68. The third-order valence-corrected chi connectivity index (χ3v) is 9.73. The van der Waals surface area contributed by atoms with Gasteiger partial charge in [0.05, 0.1) is 17.2 Å². The molecule has 226 valence electrons. The molecule has 12 heteroatoms. The van der Waals surface area contributed by atoms with Crippen LogP contribution in [0.4, 0.5) is 5.69 Å². The quantitative estimate of drug-likeness (QED) is 0.207. The van der Waals surface area contributed by atoms with Gasteiger partial charge in [-0.15, -0.1) is 11.8 Å². The van der Waals surface area contributed by atoms with Crippen molar-refractivity contribution >= 4 is 62.5 Å². The van der Waals surface area contributed by atoms with Crippen molar-refractivity contribution in [3.8, 4) is 5.75 Å². The minimum atomic E-state index is -4.20. The summed E-state index contributed by atoms with van der Waals surface area (Å²) in [5.74, 6) is -0.395. The maximum atomic E-state index is 14.1. The van der Waals surface area contributed by atoms with Crippen molar-refractivity contribution in [2.45, 2.75) is 49.6 Å². The zero-order chi connectivity index (χ0) is 30.9. The smallest absolute Gasteiger partial charge is 0.264 e. The van der Waals surface area contributed by atoms with Crippen LogP contribution in [-0.2, 0) is 26.2 Å². The van der Waals surface area contributed by atoms with E-state index in [1.807, 2.05) is 13.2 Å².